The quantitative estimate of drug-likeness (QED) is 0.925. The summed E-state index contributed by atoms with van der Waals surface area (Å²) >= 11 is 3.50. The zero-order chi connectivity index (χ0) is 13.3. The number of aryl methyl sites for hydroxylation is 2. The number of benzene rings is 1. The molecule has 0 aliphatic carbocycles. The summed E-state index contributed by atoms with van der Waals surface area (Å²) < 4.78 is 1.06. The number of hydrogen-bond donors (Lipinski definition) is 1. The van der Waals surface area contributed by atoms with E-state index in [0.717, 1.165) is 21.2 Å². The maximum absolute atomic E-state index is 10.7. The Morgan fingerprint density at radius 1 is 1.17 bits per heavy atom. The maximum atomic E-state index is 10.7. The van der Waals surface area contributed by atoms with Gasteiger partial charge in [-0.25, -0.2) is 14.8 Å². The van der Waals surface area contributed by atoms with Gasteiger partial charge in [-0.2, -0.15) is 0 Å². The highest BCUT2D eigenvalue weighted by molar-refractivity contribution is 9.10. The summed E-state index contributed by atoms with van der Waals surface area (Å²) in [6.45, 7) is 3.98. The number of hydrogen-bond acceptors (Lipinski definition) is 3. The zero-order valence-electron chi connectivity index (χ0n) is 9.94. The molecule has 0 saturated carbocycles. The van der Waals surface area contributed by atoms with Crippen molar-refractivity contribution in [3.63, 3.8) is 0 Å². The number of carboxylic acid groups (broad SMARTS) is 1. The van der Waals surface area contributed by atoms with E-state index in [1.54, 1.807) is 0 Å². The number of nitrogens with zero attached hydrogens (tertiary/aromatic N) is 2. The van der Waals surface area contributed by atoms with Crippen LogP contribution in [0.4, 0.5) is 0 Å². The molecule has 0 atom stereocenters. The third-order valence-electron chi connectivity index (χ3n) is 2.59. The molecule has 0 fully saturated rings. The predicted molar refractivity (Wildman–Crippen MR) is 71.6 cm³/mol. The van der Waals surface area contributed by atoms with Gasteiger partial charge in [0, 0.05) is 22.4 Å². The molecule has 0 spiro atoms. The van der Waals surface area contributed by atoms with Crippen molar-refractivity contribution in [2.45, 2.75) is 13.8 Å². The first-order valence-electron chi connectivity index (χ1n) is 5.31. The minimum Gasteiger partial charge on any atom is -0.478 e. The Labute approximate surface area is 113 Å². The second-order valence-electron chi connectivity index (χ2n) is 4.02. The number of carbonyl (C=O) groups is 1. The SMILES string of the molecule is Cc1cc(-c2ncc(C(=O)O)cn2)cc(C)c1Br. The highest BCUT2D eigenvalue weighted by Gasteiger charge is 2.08. The molecule has 0 aliphatic heterocycles. The van der Waals surface area contributed by atoms with Gasteiger partial charge < -0.3 is 5.11 Å². The molecule has 92 valence electrons. The van der Waals surface area contributed by atoms with E-state index in [-0.39, 0.29) is 5.56 Å². The Morgan fingerprint density at radius 3 is 2.11 bits per heavy atom. The van der Waals surface area contributed by atoms with Crippen LogP contribution in [0, 0.1) is 13.8 Å². The van der Waals surface area contributed by atoms with E-state index in [1.807, 2.05) is 26.0 Å². The number of aromatic nitrogens is 2. The molecule has 0 radical (unpaired) electrons. The van der Waals surface area contributed by atoms with Crippen LogP contribution in [0.1, 0.15) is 21.5 Å². The maximum Gasteiger partial charge on any atom is 0.338 e. The van der Waals surface area contributed by atoms with Crippen molar-refractivity contribution in [3.05, 3.63) is 45.7 Å². The molecule has 18 heavy (non-hydrogen) atoms. The monoisotopic (exact) mass is 306 g/mol. The van der Waals surface area contributed by atoms with Gasteiger partial charge in [0.1, 0.15) is 0 Å². The van der Waals surface area contributed by atoms with E-state index in [9.17, 15) is 4.79 Å². The highest BCUT2D eigenvalue weighted by Crippen LogP contribution is 2.26. The first-order chi connectivity index (χ1) is 8.49. The van der Waals surface area contributed by atoms with Crippen LogP contribution < -0.4 is 0 Å². The van der Waals surface area contributed by atoms with Crippen molar-refractivity contribution in [1.29, 1.82) is 0 Å². The summed E-state index contributed by atoms with van der Waals surface area (Å²) in [5.41, 5.74) is 3.15. The molecule has 1 aromatic carbocycles. The van der Waals surface area contributed by atoms with Crippen molar-refractivity contribution in [3.8, 4) is 11.4 Å². The molecular formula is C13H11BrN2O2. The first kappa shape index (κ1) is 12.7. The van der Waals surface area contributed by atoms with Crippen LogP contribution in [-0.2, 0) is 0 Å². The largest absolute Gasteiger partial charge is 0.478 e. The summed E-state index contributed by atoms with van der Waals surface area (Å²) in [5, 5.41) is 8.78. The van der Waals surface area contributed by atoms with E-state index in [2.05, 4.69) is 25.9 Å². The van der Waals surface area contributed by atoms with Gasteiger partial charge in [0.15, 0.2) is 5.82 Å². The molecule has 4 nitrogen and oxygen atoms in total. The van der Waals surface area contributed by atoms with Crippen LogP contribution in [0.5, 0.6) is 0 Å². The van der Waals surface area contributed by atoms with Gasteiger partial charge in [0.2, 0.25) is 0 Å². The molecule has 1 aromatic heterocycles. The van der Waals surface area contributed by atoms with Crippen LogP contribution in [-0.4, -0.2) is 21.0 Å². The zero-order valence-corrected chi connectivity index (χ0v) is 11.5. The predicted octanol–water partition coefficient (Wildman–Crippen LogP) is 3.22. The summed E-state index contributed by atoms with van der Waals surface area (Å²) in [7, 11) is 0. The topological polar surface area (TPSA) is 63.1 Å². The Kier molecular flexibility index (Phi) is 3.43. The van der Waals surface area contributed by atoms with E-state index in [4.69, 9.17) is 5.11 Å². The molecule has 2 aromatic rings. The van der Waals surface area contributed by atoms with Gasteiger partial charge in [0.05, 0.1) is 5.56 Å². The molecule has 1 heterocycles. The van der Waals surface area contributed by atoms with Gasteiger partial charge in [-0.15, -0.1) is 0 Å². The second kappa shape index (κ2) is 4.86. The summed E-state index contributed by atoms with van der Waals surface area (Å²) in [6.07, 6.45) is 2.63. The lowest BCUT2D eigenvalue weighted by Gasteiger charge is -2.07. The Balaban J connectivity index is 2.46. The van der Waals surface area contributed by atoms with Gasteiger partial charge in [-0.1, -0.05) is 15.9 Å². The van der Waals surface area contributed by atoms with Gasteiger partial charge in [-0.3, -0.25) is 0 Å². The van der Waals surface area contributed by atoms with Crippen LogP contribution in [0.25, 0.3) is 11.4 Å². The fraction of sp³-hybridized carbons (Fsp3) is 0.154. The lowest BCUT2D eigenvalue weighted by Crippen LogP contribution is -1.99. The minimum atomic E-state index is -1.02. The lowest BCUT2D eigenvalue weighted by molar-refractivity contribution is 0.0696. The van der Waals surface area contributed by atoms with Crippen molar-refractivity contribution in [2.24, 2.45) is 0 Å². The number of aromatic carboxylic acids is 1. The molecular weight excluding hydrogens is 296 g/mol. The van der Waals surface area contributed by atoms with Crippen LogP contribution >= 0.6 is 15.9 Å². The van der Waals surface area contributed by atoms with Crippen molar-refractivity contribution in [1.82, 2.24) is 9.97 Å². The molecule has 5 heteroatoms. The van der Waals surface area contributed by atoms with Gasteiger partial charge in [0.25, 0.3) is 0 Å². The highest BCUT2D eigenvalue weighted by atomic mass is 79.9. The van der Waals surface area contributed by atoms with Crippen LogP contribution in [0.15, 0.2) is 29.0 Å². The molecule has 0 aliphatic rings. The average molecular weight is 307 g/mol. The Hall–Kier alpha value is -1.75. The third-order valence-corrected chi connectivity index (χ3v) is 3.84. The Bertz CT molecular complexity index is 586. The minimum absolute atomic E-state index is 0.0873. The normalized spacial score (nSPS) is 10.4. The molecule has 0 bridgehead atoms. The fourth-order valence-corrected chi connectivity index (χ4v) is 1.89. The van der Waals surface area contributed by atoms with E-state index < -0.39 is 5.97 Å². The van der Waals surface area contributed by atoms with Gasteiger partial charge >= 0.3 is 5.97 Å². The average Bonchev–Trinajstić information content (AvgIpc) is 2.35. The van der Waals surface area contributed by atoms with Crippen LogP contribution in [0.2, 0.25) is 0 Å². The van der Waals surface area contributed by atoms with Crippen molar-refractivity contribution in [2.75, 3.05) is 0 Å². The fourth-order valence-electron chi connectivity index (χ4n) is 1.66. The number of halogens is 1. The molecule has 0 saturated heterocycles. The lowest BCUT2D eigenvalue weighted by atomic mass is 10.1. The summed E-state index contributed by atoms with van der Waals surface area (Å²) in [5.74, 6) is -0.497. The van der Waals surface area contributed by atoms with E-state index >= 15 is 0 Å². The third kappa shape index (κ3) is 2.41. The molecule has 0 unspecified atom stereocenters. The van der Waals surface area contributed by atoms with Crippen molar-refractivity contribution < 1.29 is 9.90 Å². The second-order valence-corrected chi connectivity index (χ2v) is 4.82. The number of rotatable bonds is 2. The standard InChI is InChI=1S/C13H11BrN2O2/c1-7-3-9(4-8(2)11(7)14)12-15-5-10(6-16-12)13(17)18/h3-6H,1-2H3,(H,17,18). The number of carboxylic acids is 1. The van der Waals surface area contributed by atoms with Crippen molar-refractivity contribution >= 4 is 21.9 Å². The summed E-state index contributed by atoms with van der Waals surface area (Å²) in [4.78, 5) is 18.9. The molecule has 1 N–H and O–H groups in total. The van der Waals surface area contributed by atoms with E-state index in [1.165, 1.54) is 12.4 Å². The van der Waals surface area contributed by atoms with E-state index in [0.29, 0.717) is 5.82 Å². The Morgan fingerprint density at radius 2 is 1.67 bits per heavy atom. The first-order valence-corrected chi connectivity index (χ1v) is 6.11. The smallest absolute Gasteiger partial charge is 0.338 e. The summed E-state index contributed by atoms with van der Waals surface area (Å²) in [6, 6.07) is 3.93. The molecule has 2 rings (SSSR count). The van der Waals surface area contributed by atoms with Crippen LogP contribution in [0.3, 0.4) is 0 Å². The van der Waals surface area contributed by atoms with Gasteiger partial charge in [-0.05, 0) is 37.1 Å². The molecule has 0 amide bonds.